The minimum atomic E-state index is -0.978. The average molecular weight is 901 g/mol. The number of nitrogen functional groups attached to an aromatic ring is 1. The maximum atomic E-state index is 11.9. The molecule has 8 aromatic rings. The van der Waals surface area contributed by atoms with Gasteiger partial charge in [0.25, 0.3) is 0 Å². The topological polar surface area (TPSA) is 282 Å². The molecule has 0 saturated heterocycles. The van der Waals surface area contributed by atoms with Crippen molar-refractivity contribution >= 4 is 79.9 Å². The molecule has 65 heavy (non-hydrogen) atoms. The van der Waals surface area contributed by atoms with Crippen LogP contribution in [0.3, 0.4) is 0 Å². The predicted octanol–water partition coefficient (Wildman–Crippen LogP) is 4.87. The van der Waals surface area contributed by atoms with Gasteiger partial charge in [0, 0.05) is 21.8 Å². The van der Waals surface area contributed by atoms with Crippen LogP contribution in [-0.2, 0) is 23.9 Å². The summed E-state index contributed by atoms with van der Waals surface area (Å²) in [5.41, 5.74) is 10.3. The van der Waals surface area contributed by atoms with E-state index >= 15 is 0 Å². The van der Waals surface area contributed by atoms with Crippen molar-refractivity contribution in [3.63, 3.8) is 0 Å². The van der Waals surface area contributed by atoms with Gasteiger partial charge in [-0.3, -0.25) is 9.59 Å². The number of carboxylic acids is 1. The number of nitrogens with two attached hydrogens (primary N) is 1. The van der Waals surface area contributed by atoms with E-state index in [0.717, 1.165) is 56.8 Å². The summed E-state index contributed by atoms with van der Waals surface area (Å²) >= 11 is 0. The quantitative estimate of drug-likeness (QED) is 0.0634. The van der Waals surface area contributed by atoms with Crippen molar-refractivity contribution in [1.82, 2.24) is 25.7 Å². The summed E-state index contributed by atoms with van der Waals surface area (Å²) in [6.07, 6.45) is -0.368. The summed E-state index contributed by atoms with van der Waals surface area (Å²) in [7, 11) is 2.47. The Morgan fingerprint density at radius 3 is 1.42 bits per heavy atom. The van der Waals surface area contributed by atoms with Crippen molar-refractivity contribution in [3.05, 3.63) is 162 Å². The average Bonchev–Trinajstić information content (AvgIpc) is 3.85. The molecule has 0 saturated carbocycles. The van der Waals surface area contributed by atoms with Gasteiger partial charge in [0.1, 0.15) is 5.78 Å². The van der Waals surface area contributed by atoms with E-state index in [1.807, 2.05) is 122 Å². The fourth-order valence-corrected chi connectivity index (χ4v) is 6.22. The Labute approximate surface area is 393 Å². The van der Waals surface area contributed by atoms with Gasteiger partial charge in [0.05, 0.1) is 43.4 Å². The number of ether oxygens (including phenoxy) is 2. The summed E-state index contributed by atoms with van der Waals surface area (Å²) in [4.78, 5) is 54.2. The SMILES string of the molecule is COC(=O)C(=O)CC(C)=O.COC(=O)c1cc(C)nn1-c1cccc2ccccc12.Cc1cc(C(=O)O)n(-c2cccc3ccccc23)n1.Cl.N.Nc1cccc2ccccc12.O.[Li+].[OH-]. The Hall–Kier alpha value is -7.16. The number of anilines is 1. The zero-order chi connectivity index (χ0) is 43.3. The Morgan fingerprint density at radius 1 is 0.615 bits per heavy atom. The van der Waals surface area contributed by atoms with Crippen LogP contribution in [-0.4, -0.2) is 79.3 Å². The number of fused-ring (bicyclic) bond motifs is 3. The summed E-state index contributed by atoms with van der Waals surface area (Å²) in [6, 6.07) is 44.9. The van der Waals surface area contributed by atoms with Crippen LogP contribution in [0.4, 0.5) is 5.69 Å². The van der Waals surface area contributed by atoms with Crippen molar-refractivity contribution in [1.29, 1.82) is 0 Å². The van der Waals surface area contributed by atoms with E-state index in [4.69, 9.17) is 10.5 Å². The molecular weight excluding hydrogens is 851 g/mol. The molecule has 0 unspecified atom stereocenters. The maximum absolute atomic E-state index is 11.9. The van der Waals surface area contributed by atoms with Crippen LogP contribution in [0.5, 0.6) is 0 Å². The summed E-state index contributed by atoms with van der Waals surface area (Å²) in [6.45, 7) is 4.88. The Morgan fingerprint density at radius 2 is 1.00 bits per heavy atom. The number of hydrogen-bond acceptors (Lipinski definition) is 12. The Bertz CT molecular complexity index is 2850. The number of hydrogen-bond donors (Lipinski definition) is 3. The van der Waals surface area contributed by atoms with Crippen molar-refractivity contribution in [3.8, 4) is 11.4 Å². The molecule has 0 atom stereocenters. The second kappa shape index (κ2) is 27.1. The molecule has 0 aliphatic rings. The van der Waals surface area contributed by atoms with E-state index < -0.39 is 23.7 Å². The molecule has 16 nitrogen and oxygen atoms in total. The second-order valence-corrected chi connectivity index (χ2v) is 13.3. The summed E-state index contributed by atoms with van der Waals surface area (Å²) in [5, 5.41) is 24.5. The van der Waals surface area contributed by atoms with Gasteiger partial charge in [-0.2, -0.15) is 10.2 Å². The van der Waals surface area contributed by atoms with Crippen molar-refractivity contribution < 1.29 is 68.4 Å². The standard InChI is InChI=1S/C16H14N2O2.C15H12N2O2.C10H9N.C6H8O4.ClH.Li.H3N.2H2O/c1-11-10-15(16(19)20-2)18(17-11)14-9-5-7-12-6-3-4-8-13(12)14;1-10-9-14(15(18)19)17(16-10)13-8-4-6-11-5-2-3-7-12(11)13;11-10-7-3-5-8-4-1-2-6-9(8)10;1-4(7)3-5(8)6(9)10-2;;;;;/h3-10H,1-2H3;2-9H,1H3,(H,18,19);1-7H,11H2;3H2,1-2H3;1H;;1H3;2*1H2/q;;;;;+1;;;/p-1. The molecule has 0 bridgehead atoms. The number of carboxylic acid groups (broad SMARTS) is 1. The second-order valence-electron chi connectivity index (χ2n) is 13.3. The minimum Gasteiger partial charge on any atom is -0.870 e. The van der Waals surface area contributed by atoms with Crippen molar-refractivity contribution in [2.24, 2.45) is 0 Å². The molecule has 2 heterocycles. The van der Waals surface area contributed by atoms with Gasteiger partial charge in [0.2, 0.25) is 5.78 Å². The number of ketones is 2. The van der Waals surface area contributed by atoms with Crippen LogP contribution < -0.4 is 30.7 Å². The third-order valence-electron chi connectivity index (χ3n) is 8.91. The zero-order valence-corrected chi connectivity index (χ0v) is 37.5. The number of methoxy groups -OCH3 is 2. The molecule has 0 fully saturated rings. The van der Waals surface area contributed by atoms with E-state index in [1.165, 1.54) is 24.1 Å². The van der Waals surface area contributed by atoms with E-state index in [1.54, 1.807) is 23.7 Å². The van der Waals surface area contributed by atoms with Crippen LogP contribution in [0.1, 0.15) is 45.7 Å². The van der Waals surface area contributed by atoms with Crippen molar-refractivity contribution in [2.75, 3.05) is 20.0 Å². The first-order valence-electron chi connectivity index (χ1n) is 18.6. The van der Waals surface area contributed by atoms with Crippen molar-refractivity contribution in [2.45, 2.75) is 27.2 Å². The molecule has 8 rings (SSSR count). The first-order chi connectivity index (χ1) is 28.8. The van der Waals surface area contributed by atoms with Gasteiger partial charge in [0.15, 0.2) is 11.4 Å². The van der Waals surface area contributed by atoms with E-state index in [2.05, 4.69) is 27.1 Å². The van der Waals surface area contributed by atoms with Crippen LogP contribution >= 0.6 is 12.4 Å². The number of esters is 2. The molecule has 0 amide bonds. The van der Waals surface area contributed by atoms with Gasteiger partial charge in [-0.25, -0.2) is 23.7 Å². The smallest absolute Gasteiger partial charge is 0.870 e. The fourth-order valence-electron chi connectivity index (χ4n) is 6.22. The molecule has 336 valence electrons. The first-order valence-corrected chi connectivity index (χ1v) is 18.6. The van der Waals surface area contributed by atoms with E-state index in [-0.39, 0.29) is 66.3 Å². The zero-order valence-electron chi connectivity index (χ0n) is 36.7. The molecule has 0 aliphatic carbocycles. The Balaban J connectivity index is 0.000000852. The van der Waals surface area contributed by atoms with Crippen LogP contribution in [0, 0.1) is 13.8 Å². The number of aromatic carboxylic acids is 1. The van der Waals surface area contributed by atoms with E-state index in [0.29, 0.717) is 11.4 Å². The van der Waals surface area contributed by atoms with E-state index in [9.17, 15) is 29.1 Å². The number of Topliss-reactive ketones (excluding diaryl/α,β-unsaturated/α-hetero) is 2. The Kier molecular flexibility index (Phi) is 24.1. The minimum absolute atomic E-state index is 0. The maximum Gasteiger partial charge on any atom is 1.00 e. The number of aromatic nitrogens is 4. The predicted molar refractivity (Wildman–Crippen MR) is 248 cm³/mol. The normalized spacial score (nSPS) is 9.49. The molecule has 0 spiro atoms. The number of aryl methyl sites for hydroxylation is 2. The van der Waals surface area contributed by atoms with Gasteiger partial charge < -0.3 is 37.4 Å². The van der Waals surface area contributed by atoms with Gasteiger partial charge >= 0.3 is 36.8 Å². The number of halogens is 1. The first kappa shape index (κ1) is 57.8. The molecule has 18 heteroatoms. The van der Waals surface area contributed by atoms with Crippen LogP contribution in [0.2, 0.25) is 0 Å². The molecule has 0 aliphatic heterocycles. The number of carbonyl (C=O) groups is 5. The van der Waals surface area contributed by atoms with Gasteiger partial charge in [-0.05, 0) is 67.3 Å². The summed E-state index contributed by atoms with van der Waals surface area (Å²) in [5.74, 6) is -3.47. The third-order valence-corrected chi connectivity index (χ3v) is 8.91. The number of nitrogens with zero attached hydrogens (tertiary/aromatic N) is 4. The monoisotopic (exact) mass is 900 g/mol. The third kappa shape index (κ3) is 14.7. The molecule has 6 aromatic carbocycles. The molecule has 9 N–H and O–H groups in total. The van der Waals surface area contributed by atoms with Gasteiger partial charge in [-0.15, -0.1) is 12.4 Å². The van der Waals surface area contributed by atoms with Crippen LogP contribution in [0.15, 0.2) is 140 Å². The van der Waals surface area contributed by atoms with Gasteiger partial charge in [-0.1, -0.05) is 109 Å². The number of rotatable bonds is 7. The largest absolute Gasteiger partial charge is 1.00 e. The summed E-state index contributed by atoms with van der Waals surface area (Å²) < 4.78 is 12.0. The molecule has 2 aromatic heterocycles. The molecular formula is C47H50ClLiN6O10. The fraction of sp³-hybridized carbons (Fsp3) is 0.128. The number of carbonyl (C=O) groups excluding carboxylic acids is 4. The molecule has 0 radical (unpaired) electrons. The van der Waals surface area contributed by atoms with Crippen LogP contribution in [0.25, 0.3) is 43.7 Å². The number of benzene rings is 6.